The molecule has 0 spiro atoms. The molecule has 2 aromatic rings. The molecule has 1 heterocycles. The number of hydrogen-bond donors (Lipinski definition) is 2. The van der Waals surface area contributed by atoms with Gasteiger partial charge in [0.05, 0.1) is 0 Å². The SMILES string of the molecule is Nc1ccc(CNc2nccs2)cc1. The van der Waals surface area contributed by atoms with Gasteiger partial charge in [0.25, 0.3) is 0 Å². The highest BCUT2D eigenvalue weighted by Crippen LogP contribution is 2.12. The Morgan fingerprint density at radius 2 is 2.07 bits per heavy atom. The summed E-state index contributed by atoms with van der Waals surface area (Å²) in [5, 5.41) is 6.12. The standard InChI is InChI=1S/C10H11N3S/c11-9-3-1-8(2-4-9)7-13-10-12-5-6-14-10/h1-6H,7,11H2,(H,12,13). The summed E-state index contributed by atoms with van der Waals surface area (Å²) >= 11 is 1.60. The van der Waals surface area contributed by atoms with Crippen LogP contribution in [-0.4, -0.2) is 4.98 Å². The van der Waals surface area contributed by atoms with E-state index < -0.39 is 0 Å². The summed E-state index contributed by atoms with van der Waals surface area (Å²) in [7, 11) is 0. The molecule has 1 aromatic carbocycles. The summed E-state index contributed by atoms with van der Waals surface area (Å²) in [5.74, 6) is 0. The van der Waals surface area contributed by atoms with Crippen LogP contribution in [0.5, 0.6) is 0 Å². The second kappa shape index (κ2) is 4.11. The maximum absolute atomic E-state index is 5.59. The summed E-state index contributed by atoms with van der Waals surface area (Å²) in [4.78, 5) is 4.13. The Morgan fingerprint density at radius 3 is 2.71 bits per heavy atom. The van der Waals surface area contributed by atoms with E-state index in [1.54, 1.807) is 17.5 Å². The highest BCUT2D eigenvalue weighted by atomic mass is 32.1. The maximum atomic E-state index is 5.59. The Labute approximate surface area is 86.6 Å². The fourth-order valence-electron chi connectivity index (χ4n) is 1.12. The normalized spacial score (nSPS) is 10.0. The number of nitrogens with one attached hydrogen (secondary N) is 1. The highest BCUT2D eigenvalue weighted by molar-refractivity contribution is 7.13. The van der Waals surface area contributed by atoms with E-state index in [1.807, 2.05) is 29.6 Å². The summed E-state index contributed by atoms with van der Waals surface area (Å²) < 4.78 is 0. The van der Waals surface area contributed by atoms with Crippen LogP contribution < -0.4 is 11.1 Å². The number of nitrogens with two attached hydrogens (primary N) is 1. The fraction of sp³-hybridized carbons (Fsp3) is 0.100. The third kappa shape index (κ3) is 2.23. The molecular formula is C10H11N3S. The average Bonchev–Trinajstić information content (AvgIpc) is 2.70. The molecule has 0 radical (unpaired) electrons. The van der Waals surface area contributed by atoms with Crippen LogP contribution in [-0.2, 0) is 6.54 Å². The molecule has 4 heteroatoms. The molecule has 0 atom stereocenters. The van der Waals surface area contributed by atoms with Gasteiger partial charge in [0, 0.05) is 23.8 Å². The minimum absolute atomic E-state index is 0.786. The Morgan fingerprint density at radius 1 is 1.29 bits per heavy atom. The lowest BCUT2D eigenvalue weighted by Crippen LogP contribution is -1.98. The van der Waals surface area contributed by atoms with Crippen molar-refractivity contribution in [2.75, 3.05) is 11.1 Å². The van der Waals surface area contributed by atoms with Crippen LogP contribution in [0.25, 0.3) is 0 Å². The van der Waals surface area contributed by atoms with Crippen molar-refractivity contribution in [3.05, 3.63) is 41.4 Å². The summed E-state index contributed by atoms with van der Waals surface area (Å²) in [6.07, 6.45) is 1.79. The van der Waals surface area contributed by atoms with Gasteiger partial charge in [-0.2, -0.15) is 0 Å². The Kier molecular flexibility index (Phi) is 2.65. The number of aromatic nitrogens is 1. The largest absolute Gasteiger partial charge is 0.399 e. The maximum Gasteiger partial charge on any atom is 0.182 e. The summed E-state index contributed by atoms with van der Waals surface area (Å²) in [6, 6.07) is 7.82. The second-order valence-electron chi connectivity index (χ2n) is 2.93. The molecule has 0 saturated carbocycles. The lowest BCUT2D eigenvalue weighted by molar-refractivity contribution is 1.14. The van der Waals surface area contributed by atoms with E-state index in [0.29, 0.717) is 0 Å². The molecule has 72 valence electrons. The molecule has 3 nitrogen and oxygen atoms in total. The predicted octanol–water partition coefficient (Wildman–Crippen LogP) is 2.34. The van der Waals surface area contributed by atoms with Gasteiger partial charge >= 0.3 is 0 Å². The predicted molar refractivity (Wildman–Crippen MR) is 60.3 cm³/mol. The lowest BCUT2D eigenvalue weighted by Gasteiger charge is -2.02. The minimum atomic E-state index is 0.786. The van der Waals surface area contributed by atoms with Crippen LogP contribution in [0.2, 0.25) is 0 Å². The van der Waals surface area contributed by atoms with Gasteiger partial charge in [-0.05, 0) is 17.7 Å². The average molecular weight is 205 g/mol. The minimum Gasteiger partial charge on any atom is -0.399 e. The number of rotatable bonds is 3. The highest BCUT2D eigenvalue weighted by Gasteiger charge is 1.94. The topological polar surface area (TPSA) is 50.9 Å². The first kappa shape index (κ1) is 9.02. The van der Waals surface area contributed by atoms with E-state index in [9.17, 15) is 0 Å². The van der Waals surface area contributed by atoms with Gasteiger partial charge in [-0.1, -0.05) is 12.1 Å². The van der Waals surface area contributed by atoms with Crippen LogP contribution in [0, 0.1) is 0 Å². The van der Waals surface area contributed by atoms with Crippen molar-refractivity contribution in [3.63, 3.8) is 0 Å². The van der Waals surface area contributed by atoms with Gasteiger partial charge in [0.2, 0.25) is 0 Å². The number of anilines is 2. The number of nitrogen functional groups attached to an aromatic ring is 1. The van der Waals surface area contributed by atoms with Crippen LogP contribution in [0.1, 0.15) is 5.56 Å². The molecule has 0 aliphatic rings. The molecule has 14 heavy (non-hydrogen) atoms. The van der Waals surface area contributed by atoms with Gasteiger partial charge in [0.1, 0.15) is 0 Å². The van der Waals surface area contributed by atoms with Crippen LogP contribution in [0.15, 0.2) is 35.8 Å². The molecule has 2 rings (SSSR count). The zero-order valence-corrected chi connectivity index (χ0v) is 8.42. The number of hydrogen-bond acceptors (Lipinski definition) is 4. The van der Waals surface area contributed by atoms with Crippen molar-refractivity contribution in [3.8, 4) is 0 Å². The molecule has 0 unspecified atom stereocenters. The van der Waals surface area contributed by atoms with E-state index >= 15 is 0 Å². The smallest absolute Gasteiger partial charge is 0.182 e. The van der Waals surface area contributed by atoms with Crippen molar-refractivity contribution in [2.24, 2.45) is 0 Å². The molecule has 0 fully saturated rings. The molecule has 0 aliphatic heterocycles. The lowest BCUT2D eigenvalue weighted by atomic mass is 10.2. The van der Waals surface area contributed by atoms with Crippen molar-refractivity contribution in [2.45, 2.75) is 6.54 Å². The number of nitrogens with zero attached hydrogens (tertiary/aromatic N) is 1. The first-order valence-corrected chi connectivity index (χ1v) is 5.20. The van der Waals surface area contributed by atoms with Gasteiger partial charge in [-0.25, -0.2) is 4.98 Å². The van der Waals surface area contributed by atoms with Crippen molar-refractivity contribution in [1.29, 1.82) is 0 Å². The third-order valence-electron chi connectivity index (χ3n) is 1.86. The zero-order chi connectivity index (χ0) is 9.80. The molecular weight excluding hydrogens is 194 g/mol. The second-order valence-corrected chi connectivity index (χ2v) is 3.83. The summed E-state index contributed by atoms with van der Waals surface area (Å²) in [5.41, 5.74) is 7.58. The van der Waals surface area contributed by atoms with Gasteiger partial charge in [-0.3, -0.25) is 0 Å². The molecule has 1 aromatic heterocycles. The first-order valence-electron chi connectivity index (χ1n) is 4.32. The van der Waals surface area contributed by atoms with Crippen LogP contribution >= 0.6 is 11.3 Å². The molecule has 0 saturated heterocycles. The molecule has 0 amide bonds. The summed E-state index contributed by atoms with van der Waals surface area (Å²) in [6.45, 7) is 0.786. The van der Waals surface area contributed by atoms with Crippen molar-refractivity contribution >= 4 is 22.2 Å². The van der Waals surface area contributed by atoms with E-state index in [1.165, 1.54) is 5.56 Å². The van der Waals surface area contributed by atoms with Gasteiger partial charge in [-0.15, -0.1) is 11.3 Å². The van der Waals surface area contributed by atoms with Crippen molar-refractivity contribution < 1.29 is 0 Å². The molecule has 3 N–H and O–H groups in total. The third-order valence-corrected chi connectivity index (χ3v) is 2.59. The Hall–Kier alpha value is -1.55. The Bertz CT molecular complexity index is 380. The number of thiazole rings is 1. The Balaban J connectivity index is 1.95. The van der Waals surface area contributed by atoms with Crippen LogP contribution in [0.4, 0.5) is 10.8 Å². The van der Waals surface area contributed by atoms with E-state index in [4.69, 9.17) is 5.73 Å². The number of benzene rings is 1. The van der Waals surface area contributed by atoms with E-state index in [0.717, 1.165) is 17.4 Å². The van der Waals surface area contributed by atoms with Crippen molar-refractivity contribution in [1.82, 2.24) is 4.98 Å². The van der Waals surface area contributed by atoms with Crippen LogP contribution in [0.3, 0.4) is 0 Å². The molecule has 0 aliphatic carbocycles. The van der Waals surface area contributed by atoms with E-state index in [2.05, 4.69) is 10.3 Å². The van der Waals surface area contributed by atoms with Gasteiger partial charge in [0.15, 0.2) is 5.13 Å². The molecule has 0 bridgehead atoms. The quantitative estimate of drug-likeness (QED) is 0.756. The van der Waals surface area contributed by atoms with Gasteiger partial charge < -0.3 is 11.1 Å². The first-order chi connectivity index (χ1) is 6.84. The monoisotopic (exact) mass is 205 g/mol. The fourth-order valence-corrected chi connectivity index (χ4v) is 1.65. The zero-order valence-electron chi connectivity index (χ0n) is 7.60. The van der Waals surface area contributed by atoms with E-state index in [-0.39, 0.29) is 0 Å².